The molecule has 1 rings (SSSR count). The zero-order chi connectivity index (χ0) is 7.56. The molecule has 1 saturated heterocycles. The third-order valence-corrected chi connectivity index (χ3v) is 1.76. The van der Waals surface area contributed by atoms with Gasteiger partial charge in [-0.3, -0.25) is 0 Å². The lowest BCUT2D eigenvalue weighted by Gasteiger charge is -2.17. The van der Waals surface area contributed by atoms with Crippen LogP contribution in [0.1, 0.15) is 6.42 Å². The molecule has 4 N–H and O–H groups in total. The van der Waals surface area contributed by atoms with Crippen molar-refractivity contribution in [3.63, 3.8) is 0 Å². The highest BCUT2D eigenvalue weighted by molar-refractivity contribution is 4.80. The Morgan fingerprint density at radius 1 is 1.10 bits per heavy atom. The van der Waals surface area contributed by atoms with E-state index in [9.17, 15) is 0 Å². The first kappa shape index (κ1) is 7.94. The Kier molecular flexibility index (Phi) is 2.62. The van der Waals surface area contributed by atoms with E-state index in [4.69, 9.17) is 15.3 Å². The summed E-state index contributed by atoms with van der Waals surface area (Å²) in [6, 6.07) is 0. The smallest absolute Gasteiger partial charge is 0.107 e. The molecule has 1 aliphatic heterocycles. The van der Waals surface area contributed by atoms with E-state index < -0.39 is 18.3 Å². The second kappa shape index (κ2) is 3.30. The van der Waals surface area contributed by atoms with Gasteiger partial charge in [-0.1, -0.05) is 0 Å². The zero-order valence-corrected chi connectivity index (χ0v) is 5.70. The van der Waals surface area contributed by atoms with Gasteiger partial charge in [-0.2, -0.15) is 0 Å². The predicted molar refractivity (Wildman–Crippen MR) is 35.5 cm³/mol. The van der Waals surface area contributed by atoms with Crippen molar-refractivity contribution in [1.82, 2.24) is 5.32 Å². The average Bonchev–Trinajstić information content (AvgIpc) is 2.04. The third-order valence-electron chi connectivity index (χ3n) is 1.76. The van der Waals surface area contributed by atoms with Gasteiger partial charge in [-0.25, -0.2) is 0 Å². The Balaban J connectivity index is 2.46. The van der Waals surface area contributed by atoms with E-state index in [0.717, 1.165) is 0 Å². The van der Waals surface area contributed by atoms with Gasteiger partial charge in [0.25, 0.3) is 0 Å². The molecule has 1 aliphatic rings. The van der Waals surface area contributed by atoms with Crippen LogP contribution in [-0.2, 0) is 0 Å². The van der Waals surface area contributed by atoms with Gasteiger partial charge >= 0.3 is 0 Å². The minimum absolute atomic E-state index is 0.359. The molecule has 10 heavy (non-hydrogen) atoms. The predicted octanol–water partition coefficient (Wildman–Crippen LogP) is -1.94. The van der Waals surface area contributed by atoms with Gasteiger partial charge < -0.3 is 20.6 Å². The van der Waals surface area contributed by atoms with Crippen LogP contribution in [0.4, 0.5) is 0 Å². The lowest BCUT2D eigenvalue weighted by Crippen LogP contribution is -2.38. The third kappa shape index (κ3) is 1.67. The molecule has 0 radical (unpaired) electrons. The lowest BCUT2D eigenvalue weighted by atomic mass is 10.1. The largest absolute Gasteiger partial charge is 0.390 e. The summed E-state index contributed by atoms with van der Waals surface area (Å²) in [7, 11) is 0. The van der Waals surface area contributed by atoms with Crippen molar-refractivity contribution in [3.05, 3.63) is 0 Å². The van der Waals surface area contributed by atoms with E-state index in [2.05, 4.69) is 5.32 Å². The number of aliphatic hydroxyl groups excluding tert-OH is 3. The van der Waals surface area contributed by atoms with E-state index in [1.54, 1.807) is 0 Å². The molecule has 0 amide bonds. The molecule has 0 aromatic carbocycles. The topological polar surface area (TPSA) is 72.7 Å². The van der Waals surface area contributed by atoms with E-state index in [-0.39, 0.29) is 0 Å². The fourth-order valence-electron chi connectivity index (χ4n) is 1.05. The molecule has 0 aromatic rings. The van der Waals surface area contributed by atoms with E-state index in [1.807, 2.05) is 0 Å². The molecule has 4 nitrogen and oxygen atoms in total. The Hall–Kier alpha value is -0.160. The molecule has 3 atom stereocenters. The quantitative estimate of drug-likeness (QED) is 0.322. The number of hydrogen-bond acceptors (Lipinski definition) is 4. The number of rotatable bonds is 0. The molecule has 0 spiro atoms. The van der Waals surface area contributed by atoms with Gasteiger partial charge in [-0.15, -0.1) is 0 Å². The van der Waals surface area contributed by atoms with Gasteiger partial charge in [0.1, 0.15) is 6.10 Å². The number of nitrogens with one attached hydrogen (secondary N) is 1. The number of aliphatic hydroxyl groups is 3. The maximum Gasteiger partial charge on any atom is 0.107 e. The molecular weight excluding hydrogens is 134 g/mol. The highest BCUT2D eigenvalue weighted by Gasteiger charge is 2.26. The van der Waals surface area contributed by atoms with Crippen molar-refractivity contribution in [2.75, 3.05) is 13.1 Å². The summed E-state index contributed by atoms with van der Waals surface area (Å²) in [5.41, 5.74) is 0. The monoisotopic (exact) mass is 147 g/mol. The van der Waals surface area contributed by atoms with E-state index >= 15 is 0 Å². The van der Waals surface area contributed by atoms with Gasteiger partial charge in [0.2, 0.25) is 0 Å². The highest BCUT2D eigenvalue weighted by Crippen LogP contribution is 2.05. The Bertz CT molecular complexity index is 97.2. The first-order valence-corrected chi connectivity index (χ1v) is 3.46. The van der Waals surface area contributed by atoms with Crippen LogP contribution in [0.2, 0.25) is 0 Å². The van der Waals surface area contributed by atoms with Crippen molar-refractivity contribution >= 4 is 0 Å². The van der Waals surface area contributed by atoms with Gasteiger partial charge in [0.15, 0.2) is 0 Å². The highest BCUT2D eigenvalue weighted by atomic mass is 16.4. The first-order chi connectivity index (χ1) is 4.72. The van der Waals surface area contributed by atoms with E-state index in [0.29, 0.717) is 19.5 Å². The fraction of sp³-hybridized carbons (Fsp3) is 1.00. The SMILES string of the molecule is O[C@@H]1[C@H](O)CNCC[C@@H]1O. The molecule has 4 heteroatoms. The summed E-state index contributed by atoms with van der Waals surface area (Å²) < 4.78 is 0. The minimum Gasteiger partial charge on any atom is -0.390 e. The van der Waals surface area contributed by atoms with Gasteiger partial charge in [0.05, 0.1) is 12.2 Å². The number of hydrogen-bond donors (Lipinski definition) is 4. The van der Waals surface area contributed by atoms with Crippen LogP contribution in [0.5, 0.6) is 0 Å². The summed E-state index contributed by atoms with van der Waals surface area (Å²) in [5, 5.41) is 30.1. The second-order valence-electron chi connectivity index (χ2n) is 2.62. The molecule has 0 saturated carbocycles. The Morgan fingerprint density at radius 3 is 2.50 bits per heavy atom. The second-order valence-corrected chi connectivity index (χ2v) is 2.62. The standard InChI is InChI=1S/C6H13NO3/c8-4-1-2-7-3-5(9)6(4)10/h4-10H,1-3H2/t4-,5+,6-/m0/s1. The van der Waals surface area contributed by atoms with Crippen LogP contribution >= 0.6 is 0 Å². The molecule has 1 fully saturated rings. The fourth-order valence-corrected chi connectivity index (χ4v) is 1.05. The van der Waals surface area contributed by atoms with E-state index in [1.165, 1.54) is 0 Å². The minimum atomic E-state index is -0.991. The summed E-state index contributed by atoms with van der Waals surface area (Å²) in [4.78, 5) is 0. The van der Waals surface area contributed by atoms with Gasteiger partial charge in [0, 0.05) is 6.54 Å². The molecule has 60 valence electrons. The molecular formula is C6H13NO3. The summed E-state index contributed by atoms with van der Waals surface area (Å²) >= 11 is 0. The first-order valence-electron chi connectivity index (χ1n) is 3.46. The van der Waals surface area contributed by atoms with Crippen molar-refractivity contribution < 1.29 is 15.3 Å². The van der Waals surface area contributed by atoms with Crippen LogP contribution in [0.25, 0.3) is 0 Å². The normalized spacial score (nSPS) is 42.9. The van der Waals surface area contributed by atoms with Crippen LogP contribution in [0.3, 0.4) is 0 Å². The van der Waals surface area contributed by atoms with Crippen LogP contribution < -0.4 is 5.32 Å². The Labute approximate surface area is 59.5 Å². The van der Waals surface area contributed by atoms with Crippen molar-refractivity contribution in [2.45, 2.75) is 24.7 Å². The Morgan fingerprint density at radius 2 is 1.80 bits per heavy atom. The zero-order valence-electron chi connectivity index (χ0n) is 5.70. The van der Waals surface area contributed by atoms with Crippen molar-refractivity contribution in [3.8, 4) is 0 Å². The summed E-state index contributed by atoms with van der Waals surface area (Å²) in [6.07, 6.45) is -2.12. The maximum atomic E-state index is 9.09. The molecule has 1 heterocycles. The average molecular weight is 147 g/mol. The molecule has 0 aromatic heterocycles. The van der Waals surface area contributed by atoms with Gasteiger partial charge in [-0.05, 0) is 13.0 Å². The molecule has 0 unspecified atom stereocenters. The van der Waals surface area contributed by atoms with Crippen molar-refractivity contribution in [1.29, 1.82) is 0 Å². The maximum absolute atomic E-state index is 9.09. The van der Waals surface area contributed by atoms with Crippen LogP contribution in [0.15, 0.2) is 0 Å². The molecule has 0 bridgehead atoms. The van der Waals surface area contributed by atoms with Crippen LogP contribution in [0, 0.1) is 0 Å². The molecule has 0 aliphatic carbocycles. The summed E-state index contributed by atoms with van der Waals surface area (Å²) in [5.74, 6) is 0. The lowest BCUT2D eigenvalue weighted by molar-refractivity contribution is -0.0503. The number of β-amino-alcohol motifs (C(OH)–C–C–N with tert-alkyl or cyclic N) is 1. The summed E-state index contributed by atoms with van der Waals surface area (Å²) in [6.45, 7) is 1.01. The van der Waals surface area contributed by atoms with Crippen LogP contribution in [-0.4, -0.2) is 46.7 Å². The van der Waals surface area contributed by atoms with Crippen molar-refractivity contribution in [2.24, 2.45) is 0 Å².